The number of aromatic hydroxyl groups is 2. The van der Waals surface area contributed by atoms with E-state index in [1.807, 2.05) is 0 Å². The van der Waals surface area contributed by atoms with E-state index in [1.165, 1.54) is 18.6 Å². The first-order valence-electron chi connectivity index (χ1n) is 17.5. The third kappa shape index (κ3) is 6.46. The molecular formula is C40H41N3O8. The number of aromatic carboxylic acids is 2. The molecule has 0 aromatic heterocycles. The lowest BCUT2D eigenvalue weighted by atomic mass is 9.51. The van der Waals surface area contributed by atoms with Gasteiger partial charge in [-0.25, -0.2) is 9.59 Å². The number of benzene rings is 4. The molecule has 1 amide bonds. The van der Waals surface area contributed by atoms with Gasteiger partial charge in [-0.05, 0) is 96.9 Å². The quantitative estimate of drug-likeness (QED) is 0.143. The van der Waals surface area contributed by atoms with Gasteiger partial charge in [-0.2, -0.15) is 5.26 Å². The van der Waals surface area contributed by atoms with Crippen LogP contribution >= 0.6 is 0 Å². The number of carboxylic acids is 2. The van der Waals surface area contributed by atoms with E-state index in [-0.39, 0.29) is 35.0 Å². The molecule has 4 aliphatic carbocycles. The van der Waals surface area contributed by atoms with Crippen molar-refractivity contribution in [1.82, 2.24) is 10.2 Å². The highest BCUT2D eigenvalue weighted by Crippen LogP contribution is 2.57. The Kier molecular flexibility index (Phi) is 8.86. The van der Waals surface area contributed by atoms with E-state index >= 15 is 0 Å². The van der Waals surface area contributed by atoms with Gasteiger partial charge in [0.05, 0.1) is 18.2 Å². The Balaban J connectivity index is 0.000000165. The van der Waals surface area contributed by atoms with Crippen LogP contribution in [0.15, 0.2) is 60.7 Å². The average molecular weight is 692 g/mol. The molecule has 11 nitrogen and oxygen atoms in total. The van der Waals surface area contributed by atoms with Gasteiger partial charge in [0.1, 0.15) is 28.7 Å². The first kappa shape index (κ1) is 34.3. The van der Waals surface area contributed by atoms with E-state index in [0.29, 0.717) is 57.6 Å². The molecule has 5 aliphatic rings. The zero-order valence-corrected chi connectivity index (χ0v) is 28.1. The maximum Gasteiger partial charge on any atom is 0.339 e. The van der Waals surface area contributed by atoms with Crippen molar-refractivity contribution in [3.05, 3.63) is 82.9 Å². The van der Waals surface area contributed by atoms with Crippen molar-refractivity contribution < 1.29 is 39.9 Å². The summed E-state index contributed by atoms with van der Waals surface area (Å²) in [6.07, 6.45) is 7.83. The summed E-state index contributed by atoms with van der Waals surface area (Å²) in [5.41, 5.74) is -0.431. The summed E-state index contributed by atoms with van der Waals surface area (Å²) in [7, 11) is 0. The van der Waals surface area contributed by atoms with Crippen LogP contribution in [0.4, 0.5) is 0 Å². The third-order valence-corrected chi connectivity index (χ3v) is 11.4. The van der Waals surface area contributed by atoms with Crippen LogP contribution in [0.3, 0.4) is 0 Å². The second-order valence-corrected chi connectivity index (χ2v) is 14.9. The van der Waals surface area contributed by atoms with Gasteiger partial charge in [-0.15, -0.1) is 0 Å². The zero-order valence-electron chi connectivity index (χ0n) is 28.1. The molecule has 4 aromatic carbocycles. The molecule has 9 rings (SSSR count). The molecular weight excluding hydrogens is 650 g/mol. The smallest absolute Gasteiger partial charge is 0.339 e. The fourth-order valence-corrected chi connectivity index (χ4v) is 9.67. The minimum Gasteiger partial charge on any atom is -0.507 e. The molecule has 264 valence electrons. The molecule has 0 spiro atoms. The van der Waals surface area contributed by atoms with Gasteiger partial charge in [-0.1, -0.05) is 48.5 Å². The van der Waals surface area contributed by atoms with Gasteiger partial charge in [0.15, 0.2) is 0 Å². The van der Waals surface area contributed by atoms with E-state index in [0.717, 1.165) is 44.9 Å². The highest BCUT2D eigenvalue weighted by Gasteiger charge is 2.57. The molecule has 0 radical (unpaired) electrons. The lowest BCUT2D eigenvalue weighted by Crippen LogP contribution is -2.65. The van der Waals surface area contributed by atoms with Crippen LogP contribution in [-0.2, 0) is 11.2 Å². The number of hydrogen-bond donors (Lipinski definition) is 6. The van der Waals surface area contributed by atoms with Gasteiger partial charge >= 0.3 is 11.9 Å². The summed E-state index contributed by atoms with van der Waals surface area (Å²) < 4.78 is 0. The summed E-state index contributed by atoms with van der Waals surface area (Å²) in [6.45, 7) is 1.02. The second-order valence-electron chi connectivity index (χ2n) is 14.9. The molecule has 4 saturated carbocycles. The van der Waals surface area contributed by atoms with Crippen molar-refractivity contribution in [1.29, 1.82) is 5.26 Å². The van der Waals surface area contributed by atoms with Crippen LogP contribution in [0, 0.1) is 23.2 Å². The Hall–Kier alpha value is -5.18. The number of nitriles is 1. The standard InChI is InChI=1S/C23H16O6.C17H25N3O2/c24-20-16(14-7-3-1-5-12(14)9-18(20)22(26)27)11-17-15-8-4-2-6-13(15)10-19(21(17)25)23(28)29;18-9-14-2-1-3-20(14)15(21)10-19-16-5-12-4-13(6-16)8-17(22,7-12)11-16/h1-10,24-25H,11H2,(H,26,27)(H,28,29);12-14,19,22H,1-8,10-11H2/t;12?,13?,14-,16?,17?/m.0/s1. The topological polar surface area (TPSA) is 191 Å². The van der Waals surface area contributed by atoms with Gasteiger partial charge in [0.2, 0.25) is 5.91 Å². The second kappa shape index (κ2) is 13.2. The normalized spacial score (nSPS) is 26.1. The summed E-state index contributed by atoms with van der Waals surface area (Å²) >= 11 is 0. The molecule has 1 aliphatic heterocycles. The van der Waals surface area contributed by atoms with Crippen molar-refractivity contribution in [2.75, 3.05) is 13.1 Å². The highest BCUT2D eigenvalue weighted by molar-refractivity contribution is 6.02. The predicted octanol–water partition coefficient (Wildman–Crippen LogP) is 5.57. The first-order valence-corrected chi connectivity index (χ1v) is 17.5. The average Bonchev–Trinajstić information content (AvgIpc) is 3.57. The molecule has 5 fully saturated rings. The van der Waals surface area contributed by atoms with Crippen molar-refractivity contribution in [2.45, 2.75) is 75.0 Å². The van der Waals surface area contributed by atoms with Gasteiger partial charge in [0, 0.05) is 29.6 Å². The summed E-state index contributed by atoms with van der Waals surface area (Å²) in [5.74, 6) is -2.07. The minimum atomic E-state index is -1.28. The Labute approximate surface area is 294 Å². The van der Waals surface area contributed by atoms with Crippen LogP contribution in [0.25, 0.3) is 21.5 Å². The maximum absolute atomic E-state index is 12.4. The summed E-state index contributed by atoms with van der Waals surface area (Å²) in [6, 6.07) is 18.8. The number of hydrogen-bond acceptors (Lipinski definition) is 8. The van der Waals surface area contributed by atoms with Gasteiger partial charge in [0.25, 0.3) is 0 Å². The molecule has 1 saturated heterocycles. The molecule has 4 aromatic rings. The number of aliphatic hydroxyl groups is 1. The van der Waals surface area contributed by atoms with Crippen LogP contribution in [0.5, 0.6) is 11.5 Å². The number of nitrogens with zero attached hydrogens (tertiary/aromatic N) is 2. The Morgan fingerprint density at radius 2 is 1.37 bits per heavy atom. The Morgan fingerprint density at radius 3 is 1.86 bits per heavy atom. The molecule has 3 atom stereocenters. The Bertz CT molecular complexity index is 1990. The number of carbonyl (C=O) groups excluding carboxylic acids is 1. The number of likely N-dealkylation sites (tertiary alicyclic amines) is 1. The number of rotatable bonds is 7. The molecule has 2 unspecified atom stereocenters. The number of carbonyl (C=O) groups is 3. The van der Waals surface area contributed by atoms with E-state index in [4.69, 9.17) is 5.26 Å². The van der Waals surface area contributed by atoms with Crippen LogP contribution in [0.2, 0.25) is 0 Å². The summed E-state index contributed by atoms with van der Waals surface area (Å²) in [5, 5.41) is 66.2. The monoisotopic (exact) mass is 691 g/mol. The van der Waals surface area contributed by atoms with Crippen LogP contribution in [-0.4, -0.2) is 78.5 Å². The van der Waals surface area contributed by atoms with Gasteiger partial charge < -0.3 is 35.7 Å². The zero-order chi connectivity index (χ0) is 36.1. The number of carboxylic acid groups (broad SMARTS) is 2. The lowest BCUT2D eigenvalue weighted by molar-refractivity contribution is -0.147. The molecule has 1 heterocycles. The number of amides is 1. The van der Waals surface area contributed by atoms with Crippen molar-refractivity contribution in [3.63, 3.8) is 0 Å². The predicted molar refractivity (Wildman–Crippen MR) is 189 cm³/mol. The lowest BCUT2D eigenvalue weighted by Gasteiger charge is -2.60. The SMILES string of the molecule is N#C[C@@H]1CCCN1C(=O)CNC12CC3CC(CC(O)(C3)C1)C2.O=C(O)c1cc2ccccc2c(Cc2c(O)c(C(=O)O)cc3ccccc23)c1O. The van der Waals surface area contributed by atoms with E-state index < -0.39 is 29.0 Å². The maximum atomic E-state index is 12.4. The molecule has 51 heavy (non-hydrogen) atoms. The first-order chi connectivity index (χ1) is 24.4. The van der Waals surface area contributed by atoms with E-state index in [9.17, 15) is 39.9 Å². The van der Waals surface area contributed by atoms with Gasteiger partial charge in [-0.3, -0.25) is 4.79 Å². The van der Waals surface area contributed by atoms with Crippen molar-refractivity contribution >= 4 is 39.4 Å². The van der Waals surface area contributed by atoms with Crippen molar-refractivity contribution in [3.8, 4) is 17.6 Å². The Morgan fingerprint density at radius 1 is 0.843 bits per heavy atom. The van der Waals surface area contributed by atoms with E-state index in [2.05, 4.69) is 11.4 Å². The fourth-order valence-electron chi connectivity index (χ4n) is 9.67. The molecule has 6 N–H and O–H groups in total. The highest BCUT2D eigenvalue weighted by atomic mass is 16.4. The summed E-state index contributed by atoms with van der Waals surface area (Å²) in [4.78, 5) is 37.4. The number of phenols is 2. The number of nitrogens with one attached hydrogen (secondary N) is 1. The molecule has 4 bridgehead atoms. The van der Waals surface area contributed by atoms with E-state index in [1.54, 1.807) is 53.4 Å². The molecule has 11 heteroatoms. The fraction of sp³-hybridized carbons (Fsp3) is 0.400. The van der Waals surface area contributed by atoms with Crippen LogP contribution < -0.4 is 5.32 Å². The minimum absolute atomic E-state index is 0.0407. The third-order valence-electron chi connectivity index (χ3n) is 11.4. The largest absolute Gasteiger partial charge is 0.507 e. The van der Waals surface area contributed by atoms with Crippen LogP contribution in [0.1, 0.15) is 83.2 Å². The van der Waals surface area contributed by atoms with Crippen molar-refractivity contribution in [2.24, 2.45) is 11.8 Å². The number of fused-ring (bicyclic) bond motifs is 2.